The molecule has 0 atom stereocenters. The molecular weight excluding hydrogens is 314 g/mol. The summed E-state index contributed by atoms with van der Waals surface area (Å²) in [5.74, 6) is -1.55. The molecule has 4 nitrogen and oxygen atoms in total. The highest BCUT2D eigenvalue weighted by atomic mass is 19.1. The Balaban J connectivity index is 1.84. The first kappa shape index (κ1) is 14.8. The molecule has 0 saturated carbocycles. The average Bonchev–Trinajstić information content (AvgIpc) is 3.23. The Kier molecular flexibility index (Phi) is 3.54. The van der Waals surface area contributed by atoms with Crippen molar-refractivity contribution >= 4 is 0 Å². The van der Waals surface area contributed by atoms with Crippen LogP contribution in [0, 0.1) is 11.6 Å². The van der Waals surface area contributed by atoms with Crippen molar-refractivity contribution in [1.82, 2.24) is 9.55 Å². The van der Waals surface area contributed by atoms with Gasteiger partial charge in [-0.1, -0.05) is 6.07 Å². The lowest BCUT2D eigenvalue weighted by Crippen LogP contribution is -2.01. The fourth-order valence-corrected chi connectivity index (χ4v) is 2.91. The van der Waals surface area contributed by atoms with Crippen LogP contribution in [0.15, 0.2) is 42.7 Å². The summed E-state index contributed by atoms with van der Waals surface area (Å²) in [5.41, 5.74) is 3.27. The molecule has 1 aliphatic heterocycles. The average molecular weight is 328 g/mol. The van der Waals surface area contributed by atoms with Gasteiger partial charge < -0.3 is 9.47 Å². The molecule has 2 aromatic carbocycles. The van der Waals surface area contributed by atoms with Gasteiger partial charge in [0.25, 0.3) is 0 Å². The first-order valence-electron chi connectivity index (χ1n) is 7.44. The van der Waals surface area contributed by atoms with Crippen LogP contribution in [0.25, 0.3) is 17.1 Å². The highest BCUT2D eigenvalue weighted by Crippen LogP contribution is 2.32. The van der Waals surface area contributed by atoms with Crippen molar-refractivity contribution in [3.05, 3.63) is 65.5 Å². The standard InChI is InChI=1S/C18H14F2N2O2/c1-23-17-15(19)5-4-14(16(17)20)18-21-6-7-22(18)13-3-2-11-9-24-10-12(11)8-13/h2-8H,9-10H2,1H3. The molecule has 0 spiro atoms. The maximum absolute atomic E-state index is 14.6. The van der Waals surface area contributed by atoms with Crippen molar-refractivity contribution in [2.24, 2.45) is 0 Å². The van der Waals surface area contributed by atoms with Gasteiger partial charge in [0.2, 0.25) is 0 Å². The number of imidazole rings is 1. The SMILES string of the molecule is COc1c(F)ccc(-c2nccn2-c2ccc3c(c2)COC3)c1F. The first-order chi connectivity index (χ1) is 11.7. The van der Waals surface area contributed by atoms with Crippen molar-refractivity contribution in [2.45, 2.75) is 13.2 Å². The van der Waals surface area contributed by atoms with Gasteiger partial charge in [0, 0.05) is 18.1 Å². The third-order valence-corrected chi connectivity index (χ3v) is 4.12. The first-order valence-corrected chi connectivity index (χ1v) is 7.44. The number of aromatic nitrogens is 2. The minimum atomic E-state index is -0.769. The molecule has 1 aromatic heterocycles. The van der Waals surface area contributed by atoms with E-state index in [0.29, 0.717) is 19.0 Å². The van der Waals surface area contributed by atoms with E-state index >= 15 is 0 Å². The van der Waals surface area contributed by atoms with Crippen molar-refractivity contribution in [1.29, 1.82) is 0 Å². The molecular formula is C18H14F2N2O2. The third-order valence-electron chi connectivity index (χ3n) is 4.12. The summed E-state index contributed by atoms with van der Waals surface area (Å²) < 4.78 is 40.2. The van der Waals surface area contributed by atoms with Gasteiger partial charge in [-0.3, -0.25) is 4.57 Å². The van der Waals surface area contributed by atoms with Crippen LogP contribution in [0.4, 0.5) is 8.78 Å². The Labute approximate surface area is 137 Å². The highest BCUT2D eigenvalue weighted by molar-refractivity contribution is 5.62. The van der Waals surface area contributed by atoms with E-state index in [-0.39, 0.29) is 5.56 Å². The third kappa shape index (κ3) is 2.27. The number of methoxy groups -OCH3 is 1. The second kappa shape index (κ2) is 5.72. The number of halogens is 2. The van der Waals surface area contributed by atoms with Crippen LogP contribution in [-0.2, 0) is 18.0 Å². The number of ether oxygens (including phenoxy) is 2. The molecule has 4 rings (SSSR count). The molecule has 24 heavy (non-hydrogen) atoms. The Morgan fingerprint density at radius 1 is 1.12 bits per heavy atom. The fraction of sp³-hybridized carbons (Fsp3) is 0.167. The Hall–Kier alpha value is -2.73. The molecule has 0 unspecified atom stereocenters. The zero-order valence-corrected chi connectivity index (χ0v) is 12.9. The van der Waals surface area contributed by atoms with Crippen molar-refractivity contribution in [3.63, 3.8) is 0 Å². The molecule has 122 valence electrons. The Morgan fingerprint density at radius 2 is 1.96 bits per heavy atom. The summed E-state index contributed by atoms with van der Waals surface area (Å²) in [4.78, 5) is 4.24. The van der Waals surface area contributed by atoms with Crippen LogP contribution < -0.4 is 4.74 Å². The highest BCUT2D eigenvalue weighted by Gasteiger charge is 2.20. The second-order valence-corrected chi connectivity index (χ2v) is 5.51. The summed E-state index contributed by atoms with van der Waals surface area (Å²) in [6, 6.07) is 8.45. The van der Waals surface area contributed by atoms with Gasteiger partial charge >= 0.3 is 0 Å². The van der Waals surface area contributed by atoms with E-state index in [4.69, 9.17) is 9.47 Å². The van der Waals surface area contributed by atoms with E-state index < -0.39 is 17.4 Å². The lowest BCUT2D eigenvalue weighted by atomic mass is 10.1. The van der Waals surface area contributed by atoms with Gasteiger partial charge in [0.05, 0.1) is 25.9 Å². The zero-order chi connectivity index (χ0) is 16.7. The topological polar surface area (TPSA) is 36.3 Å². The molecule has 6 heteroatoms. The number of rotatable bonds is 3. The van der Waals surface area contributed by atoms with Crippen LogP contribution in [0.5, 0.6) is 5.75 Å². The number of nitrogens with zero attached hydrogens (tertiary/aromatic N) is 2. The summed E-state index contributed by atoms with van der Waals surface area (Å²) in [6.07, 6.45) is 3.32. The molecule has 0 N–H and O–H groups in total. The predicted octanol–water partition coefficient (Wildman–Crippen LogP) is 3.86. The second-order valence-electron chi connectivity index (χ2n) is 5.51. The molecule has 0 saturated heterocycles. The summed E-state index contributed by atoms with van der Waals surface area (Å²) in [5, 5.41) is 0. The van der Waals surface area contributed by atoms with E-state index in [2.05, 4.69) is 4.98 Å². The Morgan fingerprint density at radius 3 is 2.79 bits per heavy atom. The molecule has 0 radical (unpaired) electrons. The quantitative estimate of drug-likeness (QED) is 0.732. The van der Waals surface area contributed by atoms with Crippen LogP contribution in [0.2, 0.25) is 0 Å². The summed E-state index contributed by atoms with van der Waals surface area (Å²) >= 11 is 0. The monoisotopic (exact) mass is 328 g/mol. The zero-order valence-electron chi connectivity index (χ0n) is 12.9. The van der Waals surface area contributed by atoms with Gasteiger partial charge in [0.1, 0.15) is 5.82 Å². The summed E-state index contributed by atoms with van der Waals surface area (Å²) in [6.45, 7) is 1.17. The number of fused-ring (bicyclic) bond motifs is 1. The van der Waals surface area contributed by atoms with Crippen molar-refractivity contribution in [3.8, 4) is 22.8 Å². The van der Waals surface area contributed by atoms with Crippen LogP contribution in [0.3, 0.4) is 0 Å². The summed E-state index contributed by atoms with van der Waals surface area (Å²) in [7, 11) is 1.23. The van der Waals surface area contributed by atoms with E-state index in [1.54, 1.807) is 17.0 Å². The largest absolute Gasteiger partial charge is 0.491 e. The fourth-order valence-electron chi connectivity index (χ4n) is 2.91. The lowest BCUT2D eigenvalue weighted by Gasteiger charge is -2.12. The van der Waals surface area contributed by atoms with Crippen LogP contribution in [-0.4, -0.2) is 16.7 Å². The van der Waals surface area contributed by atoms with Crippen LogP contribution in [0.1, 0.15) is 11.1 Å². The minimum absolute atomic E-state index is 0.176. The van der Waals surface area contributed by atoms with Gasteiger partial charge in [-0.2, -0.15) is 0 Å². The maximum atomic E-state index is 14.6. The minimum Gasteiger partial charge on any atom is -0.491 e. The van der Waals surface area contributed by atoms with Crippen LogP contribution >= 0.6 is 0 Å². The van der Waals surface area contributed by atoms with Crippen molar-refractivity contribution < 1.29 is 18.3 Å². The van der Waals surface area contributed by atoms with E-state index in [1.807, 2.05) is 18.2 Å². The number of hydrogen-bond acceptors (Lipinski definition) is 3. The van der Waals surface area contributed by atoms with Gasteiger partial charge in [0.15, 0.2) is 17.4 Å². The molecule has 0 bridgehead atoms. The normalized spacial score (nSPS) is 13.1. The predicted molar refractivity (Wildman–Crippen MR) is 84.0 cm³/mol. The molecule has 1 aliphatic rings. The van der Waals surface area contributed by atoms with E-state index in [9.17, 15) is 8.78 Å². The molecule has 3 aromatic rings. The van der Waals surface area contributed by atoms with Gasteiger partial charge in [-0.15, -0.1) is 0 Å². The van der Waals surface area contributed by atoms with E-state index in [0.717, 1.165) is 16.8 Å². The molecule has 0 fully saturated rings. The number of hydrogen-bond donors (Lipinski definition) is 0. The molecule has 0 amide bonds. The van der Waals surface area contributed by atoms with E-state index in [1.165, 1.54) is 19.2 Å². The number of benzene rings is 2. The maximum Gasteiger partial charge on any atom is 0.191 e. The van der Waals surface area contributed by atoms with Gasteiger partial charge in [-0.25, -0.2) is 13.8 Å². The lowest BCUT2D eigenvalue weighted by molar-refractivity contribution is 0.134. The van der Waals surface area contributed by atoms with Gasteiger partial charge in [-0.05, 0) is 35.4 Å². The smallest absolute Gasteiger partial charge is 0.191 e. The Bertz CT molecular complexity index is 921. The molecule has 0 aliphatic carbocycles. The molecule has 2 heterocycles. The van der Waals surface area contributed by atoms with Crippen molar-refractivity contribution in [2.75, 3.05) is 7.11 Å².